The van der Waals surface area contributed by atoms with Crippen molar-refractivity contribution >= 4 is 5.69 Å². The fourth-order valence-electron chi connectivity index (χ4n) is 1.89. The van der Waals surface area contributed by atoms with Gasteiger partial charge in [-0.3, -0.25) is 10.1 Å². The number of hydrogen-bond donors (Lipinski definition) is 1. The number of nitro groups is 1. The van der Waals surface area contributed by atoms with Crippen LogP contribution in [0.1, 0.15) is 12.5 Å². The molecule has 2 rings (SSSR count). The number of benzene rings is 1. The molecule has 0 aromatic heterocycles. The first-order valence-electron chi connectivity index (χ1n) is 5.61. The summed E-state index contributed by atoms with van der Waals surface area (Å²) in [7, 11) is 0. The molecule has 5 nitrogen and oxygen atoms in total. The van der Waals surface area contributed by atoms with Gasteiger partial charge in [0.25, 0.3) is 5.69 Å². The van der Waals surface area contributed by atoms with E-state index in [4.69, 9.17) is 4.74 Å². The Balaban J connectivity index is 1.92. The van der Waals surface area contributed by atoms with Crippen molar-refractivity contribution in [3.8, 4) is 0 Å². The van der Waals surface area contributed by atoms with Crippen molar-refractivity contribution in [3.05, 3.63) is 39.9 Å². The highest BCUT2D eigenvalue weighted by Gasteiger charge is 2.32. The van der Waals surface area contributed by atoms with Crippen LogP contribution in [0.5, 0.6) is 0 Å². The van der Waals surface area contributed by atoms with E-state index in [1.807, 2.05) is 6.07 Å². The Morgan fingerprint density at radius 2 is 2.18 bits per heavy atom. The molecule has 1 aliphatic rings. The van der Waals surface area contributed by atoms with Gasteiger partial charge in [-0.1, -0.05) is 25.1 Å². The quantitative estimate of drug-likeness (QED) is 0.624. The molecule has 1 fully saturated rings. The van der Waals surface area contributed by atoms with E-state index >= 15 is 0 Å². The van der Waals surface area contributed by atoms with Crippen molar-refractivity contribution in [2.45, 2.75) is 13.5 Å². The highest BCUT2D eigenvalue weighted by molar-refractivity contribution is 5.39. The van der Waals surface area contributed by atoms with Crippen LogP contribution in [0.15, 0.2) is 24.3 Å². The summed E-state index contributed by atoms with van der Waals surface area (Å²) in [6, 6.07) is 6.82. The standard InChI is InChI=1S/C12H16N2O3/c1-12(8-17-9-12)7-13-6-10-4-2-3-5-11(10)14(15)16/h2-5,13H,6-9H2,1H3. The Morgan fingerprint density at radius 1 is 1.47 bits per heavy atom. The second-order valence-corrected chi connectivity index (χ2v) is 4.79. The first-order chi connectivity index (χ1) is 8.11. The fraction of sp³-hybridized carbons (Fsp3) is 0.500. The monoisotopic (exact) mass is 236 g/mol. The lowest BCUT2D eigenvalue weighted by Crippen LogP contribution is -2.47. The SMILES string of the molecule is CC1(CNCc2ccccc2[N+](=O)[O-])COC1. The number of nitrogens with one attached hydrogen (secondary N) is 1. The second kappa shape index (κ2) is 4.81. The Labute approximate surface area is 99.9 Å². The van der Waals surface area contributed by atoms with E-state index in [1.165, 1.54) is 6.07 Å². The predicted molar refractivity (Wildman–Crippen MR) is 63.7 cm³/mol. The Morgan fingerprint density at radius 3 is 2.76 bits per heavy atom. The van der Waals surface area contributed by atoms with Crippen molar-refractivity contribution in [3.63, 3.8) is 0 Å². The smallest absolute Gasteiger partial charge is 0.273 e. The van der Waals surface area contributed by atoms with Gasteiger partial charge in [-0.2, -0.15) is 0 Å². The van der Waals surface area contributed by atoms with Gasteiger partial charge in [-0.25, -0.2) is 0 Å². The van der Waals surface area contributed by atoms with Crippen LogP contribution in [0.25, 0.3) is 0 Å². The van der Waals surface area contributed by atoms with Gasteiger partial charge in [0.05, 0.1) is 18.1 Å². The van der Waals surface area contributed by atoms with Gasteiger partial charge >= 0.3 is 0 Å². The van der Waals surface area contributed by atoms with E-state index in [1.54, 1.807) is 12.1 Å². The minimum Gasteiger partial charge on any atom is -0.380 e. The zero-order valence-electron chi connectivity index (χ0n) is 9.81. The van der Waals surface area contributed by atoms with E-state index in [2.05, 4.69) is 12.2 Å². The Bertz CT molecular complexity index is 416. The average Bonchev–Trinajstić information content (AvgIpc) is 2.27. The van der Waals surface area contributed by atoms with Crippen LogP contribution in [0.4, 0.5) is 5.69 Å². The molecule has 1 aromatic rings. The summed E-state index contributed by atoms with van der Waals surface area (Å²) in [5.74, 6) is 0. The largest absolute Gasteiger partial charge is 0.380 e. The maximum atomic E-state index is 10.8. The van der Waals surface area contributed by atoms with Crippen LogP contribution in [-0.2, 0) is 11.3 Å². The molecular formula is C12H16N2O3. The van der Waals surface area contributed by atoms with E-state index < -0.39 is 0 Å². The number of nitrogens with zero attached hydrogens (tertiary/aromatic N) is 1. The molecule has 92 valence electrons. The lowest BCUT2D eigenvalue weighted by atomic mass is 9.89. The average molecular weight is 236 g/mol. The fourth-order valence-corrected chi connectivity index (χ4v) is 1.89. The number of ether oxygens (including phenoxy) is 1. The van der Waals surface area contributed by atoms with Crippen LogP contribution in [-0.4, -0.2) is 24.7 Å². The van der Waals surface area contributed by atoms with Crippen molar-refractivity contribution in [1.82, 2.24) is 5.32 Å². The number of rotatable bonds is 5. The minimum absolute atomic E-state index is 0.176. The second-order valence-electron chi connectivity index (χ2n) is 4.79. The van der Waals surface area contributed by atoms with E-state index in [0.717, 1.165) is 25.3 Å². The molecule has 0 aliphatic carbocycles. The summed E-state index contributed by atoms with van der Waals surface area (Å²) < 4.78 is 5.15. The van der Waals surface area contributed by atoms with Crippen LogP contribution in [0.2, 0.25) is 0 Å². The molecule has 0 unspecified atom stereocenters. The molecule has 0 bridgehead atoms. The summed E-state index contributed by atoms with van der Waals surface area (Å²) >= 11 is 0. The van der Waals surface area contributed by atoms with Gasteiger partial charge in [0.15, 0.2) is 0 Å². The molecule has 0 radical (unpaired) electrons. The predicted octanol–water partition coefficient (Wildman–Crippen LogP) is 1.72. The molecule has 0 amide bonds. The summed E-state index contributed by atoms with van der Waals surface area (Å²) in [6.07, 6.45) is 0. The van der Waals surface area contributed by atoms with Crippen LogP contribution in [0, 0.1) is 15.5 Å². The third-order valence-electron chi connectivity index (χ3n) is 2.96. The number of para-hydroxylation sites is 1. The maximum absolute atomic E-state index is 10.8. The van der Waals surface area contributed by atoms with E-state index in [9.17, 15) is 10.1 Å². The highest BCUT2D eigenvalue weighted by atomic mass is 16.6. The molecule has 5 heteroatoms. The molecular weight excluding hydrogens is 220 g/mol. The third kappa shape index (κ3) is 2.81. The minimum atomic E-state index is -0.342. The van der Waals surface area contributed by atoms with Crippen molar-refractivity contribution in [1.29, 1.82) is 0 Å². The van der Waals surface area contributed by atoms with Gasteiger partial charge in [0.1, 0.15) is 0 Å². The molecule has 1 saturated heterocycles. The highest BCUT2D eigenvalue weighted by Crippen LogP contribution is 2.25. The molecule has 0 saturated carbocycles. The Hall–Kier alpha value is -1.46. The van der Waals surface area contributed by atoms with Crippen LogP contribution >= 0.6 is 0 Å². The van der Waals surface area contributed by atoms with Crippen molar-refractivity contribution in [2.24, 2.45) is 5.41 Å². The number of hydrogen-bond acceptors (Lipinski definition) is 4. The normalized spacial score (nSPS) is 17.5. The lowest BCUT2D eigenvalue weighted by molar-refractivity contribution is -0.385. The molecule has 1 N–H and O–H groups in total. The zero-order valence-corrected chi connectivity index (χ0v) is 9.81. The number of nitro benzene ring substituents is 1. The van der Waals surface area contributed by atoms with Gasteiger partial charge in [-0.15, -0.1) is 0 Å². The van der Waals surface area contributed by atoms with Gasteiger partial charge < -0.3 is 10.1 Å². The summed E-state index contributed by atoms with van der Waals surface area (Å²) in [4.78, 5) is 10.5. The Kier molecular flexibility index (Phi) is 3.40. The molecule has 1 aromatic carbocycles. The summed E-state index contributed by atoms with van der Waals surface area (Å²) in [5, 5.41) is 14.1. The van der Waals surface area contributed by atoms with Crippen LogP contribution < -0.4 is 5.32 Å². The van der Waals surface area contributed by atoms with Crippen molar-refractivity contribution in [2.75, 3.05) is 19.8 Å². The molecule has 1 aliphatic heterocycles. The molecule has 17 heavy (non-hydrogen) atoms. The third-order valence-corrected chi connectivity index (χ3v) is 2.96. The first-order valence-corrected chi connectivity index (χ1v) is 5.61. The van der Waals surface area contributed by atoms with Crippen molar-refractivity contribution < 1.29 is 9.66 Å². The van der Waals surface area contributed by atoms with E-state index in [-0.39, 0.29) is 16.0 Å². The van der Waals surface area contributed by atoms with E-state index in [0.29, 0.717) is 6.54 Å². The van der Waals surface area contributed by atoms with Gasteiger partial charge in [0, 0.05) is 30.1 Å². The van der Waals surface area contributed by atoms with Crippen LogP contribution in [0.3, 0.4) is 0 Å². The zero-order chi connectivity index (χ0) is 12.3. The molecule has 1 heterocycles. The van der Waals surface area contributed by atoms with Gasteiger partial charge in [0.2, 0.25) is 0 Å². The lowest BCUT2D eigenvalue weighted by Gasteiger charge is -2.38. The molecule has 0 atom stereocenters. The van der Waals surface area contributed by atoms with Gasteiger partial charge in [-0.05, 0) is 0 Å². The maximum Gasteiger partial charge on any atom is 0.273 e. The summed E-state index contributed by atoms with van der Waals surface area (Å²) in [6.45, 7) is 5.00. The summed E-state index contributed by atoms with van der Waals surface area (Å²) in [5.41, 5.74) is 1.08. The molecule has 0 spiro atoms. The first kappa shape index (κ1) is 12.0. The topological polar surface area (TPSA) is 64.4 Å².